The summed E-state index contributed by atoms with van der Waals surface area (Å²) in [7, 11) is 3.19. The number of aryl methyl sites for hydroxylation is 2. The van der Waals surface area contributed by atoms with Gasteiger partial charge in [0.25, 0.3) is 5.91 Å². The van der Waals surface area contributed by atoms with E-state index >= 15 is 0 Å². The molecule has 7 nitrogen and oxygen atoms in total. The van der Waals surface area contributed by atoms with Crippen LogP contribution in [-0.4, -0.2) is 35.4 Å². The summed E-state index contributed by atoms with van der Waals surface area (Å²) in [4.78, 5) is 24.0. The molecule has 0 spiro atoms. The highest BCUT2D eigenvalue weighted by atomic mass is 35.5. The zero-order valence-electron chi connectivity index (χ0n) is 13.8. The van der Waals surface area contributed by atoms with E-state index in [9.17, 15) is 9.59 Å². The van der Waals surface area contributed by atoms with Crippen LogP contribution < -0.4 is 10.1 Å². The molecule has 0 unspecified atom stereocenters. The SMILES string of the molecule is COc1cc(Cl)c(C)cc1NC(=O)COC(=O)c1cnn(C)c1C. The molecule has 1 aromatic heterocycles. The smallest absolute Gasteiger partial charge is 0.342 e. The molecule has 24 heavy (non-hydrogen) atoms. The van der Waals surface area contributed by atoms with Crippen molar-refractivity contribution in [3.05, 3.63) is 40.2 Å². The van der Waals surface area contributed by atoms with Crippen LogP contribution in [0.1, 0.15) is 21.6 Å². The van der Waals surface area contributed by atoms with Gasteiger partial charge in [0.15, 0.2) is 6.61 Å². The van der Waals surface area contributed by atoms with E-state index < -0.39 is 18.5 Å². The van der Waals surface area contributed by atoms with Crippen LogP contribution in [-0.2, 0) is 16.6 Å². The van der Waals surface area contributed by atoms with Gasteiger partial charge in [-0.1, -0.05) is 11.6 Å². The first-order valence-corrected chi connectivity index (χ1v) is 7.51. The molecule has 1 N–H and O–H groups in total. The number of esters is 1. The number of amides is 1. The van der Waals surface area contributed by atoms with Gasteiger partial charge in [-0.15, -0.1) is 0 Å². The molecule has 0 aliphatic heterocycles. The molecule has 0 radical (unpaired) electrons. The van der Waals surface area contributed by atoms with Crippen molar-refractivity contribution >= 4 is 29.2 Å². The number of benzene rings is 1. The minimum atomic E-state index is -0.602. The molecule has 0 aliphatic carbocycles. The Kier molecular flexibility index (Phi) is 5.46. The van der Waals surface area contributed by atoms with E-state index in [0.29, 0.717) is 27.7 Å². The zero-order valence-corrected chi connectivity index (χ0v) is 14.6. The number of ether oxygens (including phenoxy) is 2. The fourth-order valence-corrected chi connectivity index (χ4v) is 2.18. The maximum Gasteiger partial charge on any atom is 0.342 e. The maximum absolute atomic E-state index is 12.0. The summed E-state index contributed by atoms with van der Waals surface area (Å²) in [6.07, 6.45) is 1.40. The summed E-state index contributed by atoms with van der Waals surface area (Å²) in [5.74, 6) is -0.659. The van der Waals surface area contributed by atoms with Crippen LogP contribution in [0.5, 0.6) is 5.75 Å². The van der Waals surface area contributed by atoms with E-state index in [1.54, 1.807) is 30.8 Å². The van der Waals surface area contributed by atoms with Gasteiger partial charge in [0, 0.05) is 23.8 Å². The van der Waals surface area contributed by atoms with Crippen LogP contribution in [0, 0.1) is 13.8 Å². The molecule has 128 valence electrons. The zero-order chi connectivity index (χ0) is 17.9. The number of carbonyl (C=O) groups excluding carboxylic acids is 2. The number of halogens is 1. The average Bonchev–Trinajstić information content (AvgIpc) is 2.88. The Hall–Kier alpha value is -2.54. The lowest BCUT2D eigenvalue weighted by atomic mass is 10.2. The minimum Gasteiger partial charge on any atom is -0.495 e. The van der Waals surface area contributed by atoms with Gasteiger partial charge < -0.3 is 14.8 Å². The van der Waals surface area contributed by atoms with Gasteiger partial charge in [-0.3, -0.25) is 9.48 Å². The Morgan fingerprint density at radius 2 is 2.04 bits per heavy atom. The van der Waals surface area contributed by atoms with Crippen molar-refractivity contribution in [3.8, 4) is 5.75 Å². The second kappa shape index (κ2) is 7.35. The van der Waals surface area contributed by atoms with Crippen molar-refractivity contribution in [2.24, 2.45) is 7.05 Å². The molecule has 1 amide bonds. The number of hydrogen-bond donors (Lipinski definition) is 1. The lowest BCUT2D eigenvalue weighted by Gasteiger charge is -2.12. The van der Waals surface area contributed by atoms with Gasteiger partial charge in [0.05, 0.1) is 19.0 Å². The topological polar surface area (TPSA) is 82.4 Å². The van der Waals surface area contributed by atoms with Crippen LogP contribution in [0.15, 0.2) is 18.3 Å². The van der Waals surface area contributed by atoms with Gasteiger partial charge in [-0.25, -0.2) is 4.79 Å². The summed E-state index contributed by atoms with van der Waals surface area (Å²) in [5, 5.41) is 7.13. The van der Waals surface area contributed by atoms with Gasteiger partial charge >= 0.3 is 5.97 Å². The summed E-state index contributed by atoms with van der Waals surface area (Å²) >= 11 is 6.02. The van der Waals surface area contributed by atoms with Crippen molar-refractivity contribution in [3.63, 3.8) is 0 Å². The summed E-state index contributed by atoms with van der Waals surface area (Å²) in [6.45, 7) is 3.13. The van der Waals surface area contributed by atoms with Crippen LogP contribution in [0.3, 0.4) is 0 Å². The predicted octanol–water partition coefficient (Wildman–Crippen LogP) is 2.49. The van der Waals surface area contributed by atoms with E-state index in [-0.39, 0.29) is 0 Å². The predicted molar refractivity (Wildman–Crippen MR) is 89.6 cm³/mol. The van der Waals surface area contributed by atoms with Crippen LogP contribution >= 0.6 is 11.6 Å². The number of nitrogens with zero attached hydrogens (tertiary/aromatic N) is 2. The van der Waals surface area contributed by atoms with E-state index in [0.717, 1.165) is 5.56 Å². The van der Waals surface area contributed by atoms with Gasteiger partial charge in [-0.2, -0.15) is 5.10 Å². The lowest BCUT2D eigenvalue weighted by Crippen LogP contribution is -2.21. The van der Waals surface area contributed by atoms with Crippen molar-refractivity contribution < 1.29 is 19.1 Å². The molecule has 1 heterocycles. The Morgan fingerprint density at radius 3 is 2.62 bits per heavy atom. The quantitative estimate of drug-likeness (QED) is 0.837. The van der Waals surface area contributed by atoms with Crippen molar-refractivity contribution in [1.29, 1.82) is 0 Å². The monoisotopic (exact) mass is 351 g/mol. The Balaban J connectivity index is 2.00. The number of carbonyl (C=O) groups is 2. The second-order valence-electron chi connectivity index (χ2n) is 5.19. The number of methoxy groups -OCH3 is 1. The van der Waals surface area contributed by atoms with Crippen molar-refractivity contribution in [2.45, 2.75) is 13.8 Å². The second-order valence-corrected chi connectivity index (χ2v) is 5.60. The fourth-order valence-electron chi connectivity index (χ4n) is 2.02. The highest BCUT2D eigenvalue weighted by molar-refractivity contribution is 6.31. The number of aromatic nitrogens is 2. The number of rotatable bonds is 5. The Morgan fingerprint density at radius 1 is 1.33 bits per heavy atom. The molecule has 0 saturated heterocycles. The van der Waals surface area contributed by atoms with Crippen LogP contribution in [0.25, 0.3) is 0 Å². The highest BCUT2D eigenvalue weighted by Gasteiger charge is 2.17. The molecular formula is C16H18ClN3O4. The molecule has 2 rings (SSSR count). The average molecular weight is 352 g/mol. The molecule has 0 saturated carbocycles. The van der Waals surface area contributed by atoms with E-state index in [1.807, 2.05) is 6.92 Å². The highest BCUT2D eigenvalue weighted by Crippen LogP contribution is 2.30. The summed E-state index contributed by atoms with van der Waals surface area (Å²) in [6, 6.07) is 3.30. The van der Waals surface area contributed by atoms with Crippen molar-refractivity contribution in [2.75, 3.05) is 19.0 Å². The molecule has 0 aliphatic rings. The first-order chi connectivity index (χ1) is 11.3. The molecule has 0 bridgehead atoms. The van der Waals surface area contributed by atoms with Crippen LogP contribution in [0.4, 0.5) is 5.69 Å². The Bertz CT molecular complexity index is 786. The van der Waals surface area contributed by atoms with Gasteiger partial charge in [-0.05, 0) is 25.5 Å². The van der Waals surface area contributed by atoms with E-state index in [1.165, 1.54) is 13.3 Å². The number of hydrogen-bond acceptors (Lipinski definition) is 5. The first kappa shape index (κ1) is 17.8. The van der Waals surface area contributed by atoms with Crippen LogP contribution in [0.2, 0.25) is 5.02 Å². The number of anilines is 1. The summed E-state index contributed by atoms with van der Waals surface area (Å²) < 4.78 is 11.7. The lowest BCUT2D eigenvalue weighted by molar-refractivity contribution is -0.119. The molecular weight excluding hydrogens is 334 g/mol. The van der Waals surface area contributed by atoms with Crippen molar-refractivity contribution in [1.82, 2.24) is 9.78 Å². The molecule has 1 aromatic carbocycles. The third-order valence-corrected chi connectivity index (χ3v) is 3.95. The third-order valence-electron chi connectivity index (χ3n) is 3.54. The first-order valence-electron chi connectivity index (χ1n) is 7.13. The molecule has 0 atom stereocenters. The van der Waals surface area contributed by atoms with E-state index in [4.69, 9.17) is 21.1 Å². The molecule has 8 heteroatoms. The van der Waals surface area contributed by atoms with Gasteiger partial charge in [0.2, 0.25) is 0 Å². The van der Waals surface area contributed by atoms with E-state index in [2.05, 4.69) is 10.4 Å². The number of nitrogens with one attached hydrogen (secondary N) is 1. The standard InChI is InChI=1S/C16H18ClN3O4/c1-9-5-13(14(23-4)6-12(9)17)19-15(21)8-24-16(22)11-7-18-20(3)10(11)2/h5-7H,8H2,1-4H3,(H,19,21). The maximum atomic E-state index is 12.0. The molecule has 0 fully saturated rings. The molecule has 2 aromatic rings. The Labute approximate surface area is 144 Å². The summed E-state index contributed by atoms with van der Waals surface area (Å²) in [5.41, 5.74) is 2.23. The normalized spacial score (nSPS) is 10.4. The largest absolute Gasteiger partial charge is 0.495 e. The minimum absolute atomic E-state index is 0.324. The third kappa shape index (κ3) is 3.86. The fraction of sp³-hybridized carbons (Fsp3) is 0.312. The van der Waals surface area contributed by atoms with Gasteiger partial charge in [0.1, 0.15) is 11.3 Å².